The Morgan fingerprint density at radius 3 is 2.54 bits per heavy atom. The average molecular weight is 561 g/mol. The molecule has 2 saturated heterocycles. The van der Waals surface area contributed by atoms with Crippen molar-refractivity contribution in [3.63, 3.8) is 0 Å². The third kappa shape index (κ3) is 6.34. The Balaban J connectivity index is 1.34. The van der Waals surface area contributed by atoms with Crippen LogP contribution < -0.4 is 19.7 Å². The monoisotopic (exact) mass is 560 g/mol. The summed E-state index contributed by atoms with van der Waals surface area (Å²) in [4.78, 5) is 33.4. The molecule has 2 unspecified atom stereocenters. The number of fused-ring (bicyclic) bond motifs is 1. The van der Waals surface area contributed by atoms with Crippen molar-refractivity contribution in [2.75, 3.05) is 45.3 Å². The van der Waals surface area contributed by atoms with Crippen LogP contribution in [0.4, 0.5) is 10.5 Å². The molecular formula is C32H40N4O5. The van der Waals surface area contributed by atoms with E-state index in [1.54, 1.807) is 14.2 Å². The minimum Gasteiger partial charge on any atom is -0.497 e. The Bertz CT molecular complexity index is 1430. The van der Waals surface area contributed by atoms with Gasteiger partial charge in [-0.2, -0.15) is 0 Å². The molecule has 1 spiro atoms. The number of benzene rings is 2. The second kappa shape index (κ2) is 11.1. The average Bonchev–Trinajstić information content (AvgIpc) is 3.47. The number of amides is 2. The number of carbonyl (C=O) groups excluding carboxylic acids is 2. The molecule has 0 radical (unpaired) electrons. The number of hydrogen-bond acceptors (Lipinski definition) is 7. The molecular weight excluding hydrogens is 520 g/mol. The molecule has 2 atom stereocenters. The van der Waals surface area contributed by atoms with Crippen LogP contribution >= 0.6 is 0 Å². The van der Waals surface area contributed by atoms with Gasteiger partial charge in [-0.25, -0.2) is 9.78 Å². The number of ether oxygens (including phenoxy) is 3. The van der Waals surface area contributed by atoms with E-state index in [2.05, 4.69) is 22.3 Å². The molecule has 9 heteroatoms. The molecule has 0 bridgehead atoms. The van der Waals surface area contributed by atoms with Crippen molar-refractivity contribution in [1.29, 1.82) is 0 Å². The van der Waals surface area contributed by atoms with Crippen molar-refractivity contribution in [2.45, 2.75) is 51.7 Å². The standard InChI is InChI=1S/C32H40N4O5/c1-21-19-32(34-29(21)37)13-14-36(20-32)28-18-26(33-27-17-24(39-6)11-12-25(27)28)22-7-9-23(10-8-22)40-16-15-35(5)30(38)41-31(2,3)4/h7-12,17-18,21H,13-16,19-20H2,1-6H3,(H,34,37). The molecule has 1 N–H and O–H groups in total. The number of carbonyl (C=O) groups is 2. The summed E-state index contributed by atoms with van der Waals surface area (Å²) in [5.74, 6) is 1.66. The van der Waals surface area contributed by atoms with Crippen molar-refractivity contribution in [2.24, 2.45) is 5.92 Å². The summed E-state index contributed by atoms with van der Waals surface area (Å²) < 4.78 is 16.8. The molecule has 5 rings (SSSR count). The van der Waals surface area contributed by atoms with Gasteiger partial charge in [0.15, 0.2) is 0 Å². The first-order valence-corrected chi connectivity index (χ1v) is 14.2. The quantitative estimate of drug-likeness (QED) is 0.421. The van der Waals surface area contributed by atoms with Crippen molar-refractivity contribution in [3.05, 3.63) is 48.5 Å². The van der Waals surface area contributed by atoms with Crippen LogP contribution in [0.1, 0.15) is 40.5 Å². The van der Waals surface area contributed by atoms with Gasteiger partial charge in [0, 0.05) is 48.8 Å². The zero-order chi connectivity index (χ0) is 29.4. The van der Waals surface area contributed by atoms with Crippen molar-refractivity contribution >= 4 is 28.6 Å². The highest BCUT2D eigenvalue weighted by Crippen LogP contribution is 2.40. The first-order chi connectivity index (χ1) is 19.4. The van der Waals surface area contributed by atoms with Gasteiger partial charge in [0.2, 0.25) is 5.91 Å². The lowest BCUT2D eigenvalue weighted by molar-refractivity contribution is -0.122. The number of anilines is 1. The minimum atomic E-state index is -0.537. The molecule has 2 amide bonds. The Kier molecular flexibility index (Phi) is 7.72. The topological polar surface area (TPSA) is 93.2 Å². The van der Waals surface area contributed by atoms with Gasteiger partial charge in [-0.1, -0.05) is 6.92 Å². The number of nitrogens with zero attached hydrogens (tertiary/aromatic N) is 3. The van der Waals surface area contributed by atoms with Crippen LogP contribution in [0.5, 0.6) is 11.5 Å². The second-order valence-electron chi connectivity index (χ2n) is 12.2. The Labute approximate surface area is 241 Å². The number of hydrogen-bond donors (Lipinski definition) is 1. The van der Waals surface area contributed by atoms with Crippen LogP contribution in [0.25, 0.3) is 22.2 Å². The van der Waals surface area contributed by atoms with E-state index < -0.39 is 5.60 Å². The van der Waals surface area contributed by atoms with E-state index in [9.17, 15) is 9.59 Å². The van der Waals surface area contributed by atoms with E-state index in [-0.39, 0.29) is 23.5 Å². The summed E-state index contributed by atoms with van der Waals surface area (Å²) in [7, 11) is 3.35. The van der Waals surface area contributed by atoms with Crippen molar-refractivity contribution in [3.8, 4) is 22.8 Å². The first kappa shape index (κ1) is 28.5. The zero-order valence-corrected chi connectivity index (χ0v) is 24.8. The van der Waals surface area contributed by atoms with Crippen LogP contribution in [-0.4, -0.2) is 73.4 Å². The fourth-order valence-electron chi connectivity index (χ4n) is 5.64. The van der Waals surface area contributed by atoms with Crippen LogP contribution in [0, 0.1) is 5.92 Å². The zero-order valence-electron chi connectivity index (χ0n) is 24.8. The molecule has 2 aromatic carbocycles. The number of likely N-dealkylation sites (N-methyl/N-ethyl adjacent to an activating group) is 1. The maximum Gasteiger partial charge on any atom is 0.410 e. The summed E-state index contributed by atoms with van der Waals surface area (Å²) in [6.07, 6.45) is 1.41. The van der Waals surface area contributed by atoms with E-state index >= 15 is 0 Å². The molecule has 3 aromatic rings. The highest BCUT2D eigenvalue weighted by Gasteiger charge is 2.46. The molecule has 3 heterocycles. The predicted octanol–water partition coefficient (Wildman–Crippen LogP) is 5.26. The van der Waals surface area contributed by atoms with Crippen LogP contribution in [-0.2, 0) is 9.53 Å². The van der Waals surface area contributed by atoms with Crippen LogP contribution in [0.3, 0.4) is 0 Å². The van der Waals surface area contributed by atoms with Gasteiger partial charge in [0.05, 0.1) is 30.4 Å². The molecule has 9 nitrogen and oxygen atoms in total. The normalized spacial score (nSPS) is 20.4. The number of nitrogens with one attached hydrogen (secondary N) is 1. The van der Waals surface area contributed by atoms with Crippen LogP contribution in [0.2, 0.25) is 0 Å². The minimum absolute atomic E-state index is 0.0439. The third-order valence-electron chi connectivity index (χ3n) is 7.77. The highest BCUT2D eigenvalue weighted by molar-refractivity contribution is 5.95. The molecule has 1 aromatic heterocycles. The highest BCUT2D eigenvalue weighted by atomic mass is 16.6. The second-order valence-corrected chi connectivity index (χ2v) is 12.2. The lowest BCUT2D eigenvalue weighted by atomic mass is 9.93. The molecule has 0 saturated carbocycles. The Morgan fingerprint density at radius 2 is 1.88 bits per heavy atom. The summed E-state index contributed by atoms with van der Waals surface area (Å²) >= 11 is 0. The number of rotatable bonds is 7. The summed E-state index contributed by atoms with van der Waals surface area (Å²) in [5.41, 5.74) is 3.06. The smallest absolute Gasteiger partial charge is 0.410 e. The van der Waals surface area contributed by atoms with Gasteiger partial charge >= 0.3 is 6.09 Å². The Hall–Kier alpha value is -4.01. The fraction of sp³-hybridized carbons (Fsp3) is 0.469. The van der Waals surface area contributed by atoms with E-state index in [4.69, 9.17) is 19.2 Å². The van der Waals surface area contributed by atoms with E-state index in [0.717, 1.165) is 59.5 Å². The fourth-order valence-corrected chi connectivity index (χ4v) is 5.64. The number of methoxy groups -OCH3 is 1. The van der Waals surface area contributed by atoms with Crippen molar-refractivity contribution in [1.82, 2.24) is 15.2 Å². The number of pyridine rings is 1. The van der Waals surface area contributed by atoms with Gasteiger partial charge in [0.1, 0.15) is 23.7 Å². The molecule has 218 valence electrons. The van der Waals surface area contributed by atoms with Crippen molar-refractivity contribution < 1.29 is 23.8 Å². The van der Waals surface area contributed by atoms with Crippen LogP contribution in [0.15, 0.2) is 48.5 Å². The molecule has 2 fully saturated rings. The van der Waals surface area contributed by atoms with Gasteiger partial charge in [-0.15, -0.1) is 0 Å². The Morgan fingerprint density at radius 1 is 1.15 bits per heavy atom. The SMILES string of the molecule is COc1ccc2c(N3CCC4(CC(C)C(=O)N4)C3)cc(-c3ccc(OCCN(C)C(=O)OC(C)(C)C)cc3)nc2c1. The van der Waals surface area contributed by atoms with E-state index in [0.29, 0.717) is 18.9 Å². The maximum atomic E-state index is 12.3. The van der Waals surface area contributed by atoms with Gasteiger partial charge in [-0.3, -0.25) is 4.79 Å². The van der Waals surface area contributed by atoms with E-state index in [1.165, 1.54) is 4.90 Å². The lowest BCUT2D eigenvalue weighted by Gasteiger charge is -2.26. The lowest BCUT2D eigenvalue weighted by Crippen LogP contribution is -2.44. The molecule has 2 aliphatic heterocycles. The molecule has 2 aliphatic rings. The third-order valence-corrected chi connectivity index (χ3v) is 7.77. The van der Waals surface area contributed by atoms with Gasteiger partial charge in [-0.05, 0) is 76.1 Å². The summed E-state index contributed by atoms with van der Waals surface area (Å²) in [6.45, 7) is 9.93. The first-order valence-electron chi connectivity index (χ1n) is 14.2. The maximum absolute atomic E-state index is 12.3. The predicted molar refractivity (Wildman–Crippen MR) is 160 cm³/mol. The molecule has 0 aliphatic carbocycles. The number of aromatic nitrogens is 1. The summed E-state index contributed by atoms with van der Waals surface area (Å²) in [6, 6.07) is 16.0. The summed E-state index contributed by atoms with van der Waals surface area (Å²) in [5, 5.41) is 4.33. The van der Waals surface area contributed by atoms with E-state index in [1.807, 2.05) is 64.1 Å². The van der Waals surface area contributed by atoms with Gasteiger partial charge < -0.3 is 29.3 Å². The molecule has 41 heavy (non-hydrogen) atoms. The van der Waals surface area contributed by atoms with Gasteiger partial charge in [0.25, 0.3) is 0 Å². The largest absolute Gasteiger partial charge is 0.497 e.